The van der Waals surface area contributed by atoms with Crippen molar-refractivity contribution in [2.75, 3.05) is 14.2 Å². The van der Waals surface area contributed by atoms with Crippen molar-refractivity contribution >= 4 is 0 Å². The number of methoxy groups -OCH3 is 2. The van der Waals surface area contributed by atoms with E-state index in [-0.39, 0.29) is 22.9 Å². The first-order valence-electron chi connectivity index (χ1n) is 6.97. The molecule has 2 aromatic rings. The largest absolute Gasteiger partial charge is 0.493 e. The van der Waals surface area contributed by atoms with E-state index < -0.39 is 11.5 Å². The maximum absolute atomic E-state index is 12.3. The number of H-pyrrole nitrogens is 1. The van der Waals surface area contributed by atoms with Crippen molar-refractivity contribution in [3.63, 3.8) is 0 Å². The summed E-state index contributed by atoms with van der Waals surface area (Å²) in [5, 5.41) is 9.48. The molecule has 122 valence electrons. The molecule has 1 atom stereocenters. The van der Waals surface area contributed by atoms with Crippen LogP contribution in [0, 0.1) is 11.3 Å². The number of benzene rings is 1. The van der Waals surface area contributed by atoms with Gasteiger partial charge in [0.25, 0.3) is 5.56 Å². The SMILES string of the molecule is COc1ccc([C@H]2C(C#N)=C(N)Oc3nc[nH]c(=O)c32)cc1OC. The third-order valence-electron chi connectivity index (χ3n) is 3.76. The molecule has 0 saturated heterocycles. The number of nitrogens with zero attached hydrogens (tertiary/aromatic N) is 2. The molecular formula is C16H14N4O4. The van der Waals surface area contributed by atoms with Crippen LogP contribution in [-0.2, 0) is 0 Å². The van der Waals surface area contributed by atoms with E-state index in [0.717, 1.165) is 0 Å². The zero-order chi connectivity index (χ0) is 17.3. The molecule has 1 aliphatic rings. The molecule has 8 nitrogen and oxygen atoms in total. The number of nitrogens with one attached hydrogen (secondary N) is 1. The van der Waals surface area contributed by atoms with Gasteiger partial charge in [0, 0.05) is 0 Å². The van der Waals surface area contributed by atoms with Crippen LogP contribution in [0.4, 0.5) is 0 Å². The van der Waals surface area contributed by atoms with Gasteiger partial charge in [-0.3, -0.25) is 4.79 Å². The van der Waals surface area contributed by atoms with Crippen LogP contribution in [0.2, 0.25) is 0 Å². The van der Waals surface area contributed by atoms with Crippen LogP contribution in [0.15, 0.2) is 40.8 Å². The third kappa shape index (κ3) is 2.32. The van der Waals surface area contributed by atoms with Crippen molar-refractivity contribution in [2.24, 2.45) is 5.73 Å². The number of fused-ring (bicyclic) bond motifs is 1. The normalized spacial score (nSPS) is 16.0. The number of nitriles is 1. The van der Waals surface area contributed by atoms with E-state index in [1.807, 2.05) is 6.07 Å². The Morgan fingerprint density at radius 3 is 2.75 bits per heavy atom. The van der Waals surface area contributed by atoms with Gasteiger partial charge in [-0.2, -0.15) is 5.26 Å². The van der Waals surface area contributed by atoms with E-state index in [4.69, 9.17) is 19.9 Å². The van der Waals surface area contributed by atoms with Gasteiger partial charge in [0.05, 0.1) is 32.0 Å². The number of aromatic amines is 1. The predicted molar refractivity (Wildman–Crippen MR) is 83.7 cm³/mol. The van der Waals surface area contributed by atoms with Gasteiger partial charge in [-0.05, 0) is 17.7 Å². The molecule has 1 aromatic heterocycles. The maximum Gasteiger partial charge on any atom is 0.258 e. The first-order chi connectivity index (χ1) is 11.6. The van der Waals surface area contributed by atoms with Gasteiger partial charge in [-0.25, -0.2) is 4.98 Å². The number of nitrogens with two attached hydrogens (primary N) is 1. The van der Waals surface area contributed by atoms with E-state index in [9.17, 15) is 10.1 Å². The molecule has 0 aliphatic carbocycles. The monoisotopic (exact) mass is 326 g/mol. The van der Waals surface area contributed by atoms with Crippen LogP contribution in [0.25, 0.3) is 0 Å². The minimum atomic E-state index is -0.712. The van der Waals surface area contributed by atoms with Crippen LogP contribution in [0.3, 0.4) is 0 Å². The predicted octanol–water partition coefficient (Wildman–Crippen LogP) is 1.01. The summed E-state index contributed by atoms with van der Waals surface area (Å²) in [5.41, 5.74) is 6.42. The molecule has 0 radical (unpaired) electrons. The molecular weight excluding hydrogens is 312 g/mol. The lowest BCUT2D eigenvalue weighted by molar-refractivity contribution is 0.353. The van der Waals surface area contributed by atoms with Crippen LogP contribution < -0.4 is 25.5 Å². The Labute approximate surface area is 137 Å². The highest BCUT2D eigenvalue weighted by atomic mass is 16.5. The fourth-order valence-corrected chi connectivity index (χ4v) is 2.66. The van der Waals surface area contributed by atoms with E-state index in [0.29, 0.717) is 17.1 Å². The molecule has 1 aromatic carbocycles. The van der Waals surface area contributed by atoms with E-state index >= 15 is 0 Å². The van der Waals surface area contributed by atoms with Gasteiger partial charge in [0.15, 0.2) is 11.5 Å². The lowest BCUT2D eigenvalue weighted by Gasteiger charge is -2.24. The molecule has 0 unspecified atom stereocenters. The molecule has 0 amide bonds. The Kier molecular flexibility index (Phi) is 3.83. The topological polar surface area (TPSA) is 123 Å². The number of allylic oxidation sites excluding steroid dienone is 1. The second-order valence-electron chi connectivity index (χ2n) is 4.99. The summed E-state index contributed by atoms with van der Waals surface area (Å²) in [6.45, 7) is 0. The fraction of sp³-hybridized carbons (Fsp3) is 0.188. The molecule has 0 spiro atoms. The summed E-state index contributed by atoms with van der Waals surface area (Å²) in [4.78, 5) is 18.8. The highest BCUT2D eigenvalue weighted by Gasteiger charge is 2.34. The minimum Gasteiger partial charge on any atom is -0.493 e. The van der Waals surface area contributed by atoms with Gasteiger partial charge >= 0.3 is 0 Å². The summed E-state index contributed by atoms with van der Waals surface area (Å²) in [6.07, 6.45) is 1.22. The second kappa shape index (κ2) is 5.96. The number of hydrogen-bond acceptors (Lipinski definition) is 7. The minimum absolute atomic E-state index is 0.0787. The third-order valence-corrected chi connectivity index (χ3v) is 3.76. The van der Waals surface area contributed by atoms with Crippen LogP contribution in [0.5, 0.6) is 17.4 Å². The summed E-state index contributed by atoms with van der Waals surface area (Å²) in [5.74, 6) is 0.289. The Morgan fingerprint density at radius 1 is 1.33 bits per heavy atom. The van der Waals surface area contributed by atoms with Gasteiger partial charge in [-0.15, -0.1) is 0 Å². The summed E-state index contributed by atoms with van der Waals surface area (Å²) in [7, 11) is 3.03. The molecule has 0 saturated carbocycles. The highest BCUT2D eigenvalue weighted by molar-refractivity contribution is 5.55. The molecule has 0 fully saturated rings. The average molecular weight is 326 g/mol. The zero-order valence-electron chi connectivity index (χ0n) is 13.0. The Balaban J connectivity index is 2.26. The zero-order valence-corrected chi connectivity index (χ0v) is 13.0. The van der Waals surface area contributed by atoms with Crippen molar-refractivity contribution in [3.05, 3.63) is 57.5 Å². The average Bonchev–Trinajstić information content (AvgIpc) is 2.60. The lowest BCUT2D eigenvalue weighted by Crippen LogP contribution is -2.28. The molecule has 3 rings (SSSR count). The smallest absolute Gasteiger partial charge is 0.258 e. The first-order valence-corrected chi connectivity index (χ1v) is 6.97. The van der Waals surface area contributed by atoms with Crippen LogP contribution in [-0.4, -0.2) is 24.2 Å². The Morgan fingerprint density at radius 2 is 2.08 bits per heavy atom. The molecule has 0 bridgehead atoms. The van der Waals surface area contributed by atoms with E-state index in [1.165, 1.54) is 20.5 Å². The Bertz CT molecular complexity index is 926. The summed E-state index contributed by atoms with van der Waals surface area (Å²) < 4.78 is 15.8. The van der Waals surface area contributed by atoms with Crippen molar-refractivity contribution < 1.29 is 14.2 Å². The number of aromatic nitrogens is 2. The quantitative estimate of drug-likeness (QED) is 0.862. The van der Waals surface area contributed by atoms with E-state index in [1.54, 1.807) is 18.2 Å². The maximum atomic E-state index is 12.3. The van der Waals surface area contributed by atoms with E-state index in [2.05, 4.69) is 9.97 Å². The summed E-state index contributed by atoms with van der Waals surface area (Å²) in [6, 6.07) is 7.13. The first kappa shape index (κ1) is 15.4. The molecule has 3 N–H and O–H groups in total. The number of rotatable bonds is 3. The molecule has 24 heavy (non-hydrogen) atoms. The van der Waals surface area contributed by atoms with Crippen molar-refractivity contribution in [1.29, 1.82) is 5.26 Å². The molecule has 2 heterocycles. The summed E-state index contributed by atoms with van der Waals surface area (Å²) >= 11 is 0. The Hall–Kier alpha value is -3.47. The van der Waals surface area contributed by atoms with Crippen molar-refractivity contribution in [1.82, 2.24) is 9.97 Å². The van der Waals surface area contributed by atoms with Gasteiger partial charge in [0.1, 0.15) is 11.6 Å². The van der Waals surface area contributed by atoms with Crippen LogP contribution >= 0.6 is 0 Å². The van der Waals surface area contributed by atoms with Gasteiger partial charge < -0.3 is 24.9 Å². The molecule has 8 heteroatoms. The highest BCUT2D eigenvalue weighted by Crippen LogP contribution is 2.41. The van der Waals surface area contributed by atoms with Crippen molar-refractivity contribution in [2.45, 2.75) is 5.92 Å². The van der Waals surface area contributed by atoms with Crippen molar-refractivity contribution in [3.8, 4) is 23.4 Å². The second-order valence-corrected chi connectivity index (χ2v) is 4.99. The number of ether oxygens (including phenoxy) is 3. The fourth-order valence-electron chi connectivity index (χ4n) is 2.66. The van der Waals surface area contributed by atoms with Gasteiger partial charge in [-0.1, -0.05) is 6.07 Å². The van der Waals surface area contributed by atoms with Gasteiger partial charge in [0.2, 0.25) is 11.8 Å². The lowest BCUT2D eigenvalue weighted by atomic mass is 9.85. The standard InChI is InChI=1S/C16H14N4O4/c1-22-10-4-3-8(5-11(10)23-2)12-9(6-17)14(18)24-16-13(12)15(21)19-7-20-16/h3-5,7,12H,18H2,1-2H3,(H,19,20,21)/t12-/m0/s1. The number of hydrogen-bond donors (Lipinski definition) is 2. The van der Waals surface area contributed by atoms with Crippen LogP contribution in [0.1, 0.15) is 17.0 Å². The molecule has 1 aliphatic heterocycles.